The molecule has 1 atom stereocenters. The zero-order valence-electron chi connectivity index (χ0n) is 10.6. The van der Waals surface area contributed by atoms with E-state index in [9.17, 15) is 9.50 Å². The quantitative estimate of drug-likeness (QED) is 0.817. The van der Waals surface area contributed by atoms with Gasteiger partial charge in [0.1, 0.15) is 5.82 Å². The molecule has 2 aromatic carbocycles. The van der Waals surface area contributed by atoms with Crippen molar-refractivity contribution in [2.24, 2.45) is 0 Å². The minimum absolute atomic E-state index is 0.218. The minimum atomic E-state index is -0.386. The van der Waals surface area contributed by atoms with Crippen molar-refractivity contribution in [3.63, 3.8) is 0 Å². The lowest BCUT2D eigenvalue weighted by Crippen LogP contribution is -1.94. The third-order valence-electron chi connectivity index (χ3n) is 3.72. The van der Waals surface area contributed by atoms with Gasteiger partial charge in [-0.25, -0.2) is 4.39 Å². The Morgan fingerprint density at radius 1 is 1.21 bits per heavy atom. The first-order valence-corrected chi connectivity index (χ1v) is 7.13. The van der Waals surface area contributed by atoms with Gasteiger partial charge in [0.25, 0.3) is 0 Å². The second kappa shape index (κ2) is 4.73. The van der Waals surface area contributed by atoms with Gasteiger partial charge in [-0.1, -0.05) is 23.8 Å². The normalized spacial score (nSPS) is 17.6. The molecule has 98 valence electrons. The highest BCUT2D eigenvalue weighted by Gasteiger charge is 2.24. The van der Waals surface area contributed by atoms with Crippen molar-refractivity contribution >= 4 is 15.9 Å². The van der Waals surface area contributed by atoms with E-state index in [1.54, 1.807) is 6.07 Å². The zero-order chi connectivity index (χ0) is 13.6. The van der Waals surface area contributed by atoms with Crippen molar-refractivity contribution in [3.05, 3.63) is 57.3 Å². The topological polar surface area (TPSA) is 20.2 Å². The van der Waals surface area contributed by atoms with E-state index in [-0.39, 0.29) is 11.9 Å². The Morgan fingerprint density at radius 2 is 2.00 bits per heavy atom. The molecule has 3 heteroatoms. The van der Waals surface area contributed by atoms with Gasteiger partial charge < -0.3 is 5.11 Å². The predicted octanol–water partition coefficient (Wildman–Crippen LogP) is 4.54. The average molecular weight is 321 g/mol. The Bertz CT molecular complexity index is 651. The van der Waals surface area contributed by atoms with Crippen LogP contribution in [-0.4, -0.2) is 5.11 Å². The number of fused-ring (bicyclic) bond motifs is 1. The molecule has 19 heavy (non-hydrogen) atoms. The molecule has 0 saturated heterocycles. The lowest BCUT2D eigenvalue weighted by Gasteiger charge is -2.12. The summed E-state index contributed by atoms with van der Waals surface area (Å²) >= 11 is 3.58. The van der Waals surface area contributed by atoms with E-state index in [4.69, 9.17) is 0 Å². The summed E-state index contributed by atoms with van der Waals surface area (Å²) in [5.41, 5.74) is 4.56. The molecule has 1 N–H and O–H groups in total. The molecule has 0 spiro atoms. The summed E-state index contributed by atoms with van der Waals surface area (Å²) in [5.74, 6) is -0.218. The lowest BCUT2D eigenvalue weighted by atomic mass is 9.98. The van der Waals surface area contributed by atoms with Crippen molar-refractivity contribution in [2.75, 3.05) is 0 Å². The molecule has 1 nitrogen and oxygen atoms in total. The molecule has 0 saturated carbocycles. The Kier molecular flexibility index (Phi) is 3.19. The van der Waals surface area contributed by atoms with Crippen LogP contribution in [0.25, 0.3) is 11.1 Å². The van der Waals surface area contributed by atoms with Crippen LogP contribution in [0.5, 0.6) is 0 Å². The molecule has 2 aromatic rings. The molecule has 0 heterocycles. The number of aliphatic hydroxyl groups excluding tert-OH is 1. The SMILES string of the molecule is Cc1ccc(F)c(-c2ccc3c(c2Br)CC[C@@H]3O)c1. The van der Waals surface area contributed by atoms with Gasteiger partial charge in [-0.3, -0.25) is 0 Å². The molecule has 0 unspecified atom stereocenters. The molecule has 0 bridgehead atoms. The molecule has 3 rings (SSSR count). The van der Waals surface area contributed by atoms with Gasteiger partial charge >= 0.3 is 0 Å². The first kappa shape index (κ1) is 12.8. The monoisotopic (exact) mass is 320 g/mol. The first-order valence-electron chi connectivity index (χ1n) is 6.34. The molecule has 0 aliphatic heterocycles. The second-order valence-corrected chi connectivity index (χ2v) is 5.83. The Labute approximate surface area is 120 Å². The highest BCUT2D eigenvalue weighted by Crippen LogP contribution is 2.41. The maximum Gasteiger partial charge on any atom is 0.131 e. The van der Waals surface area contributed by atoms with Gasteiger partial charge in [0.05, 0.1) is 6.10 Å². The van der Waals surface area contributed by atoms with Crippen molar-refractivity contribution in [3.8, 4) is 11.1 Å². The number of aliphatic hydroxyl groups is 1. The highest BCUT2D eigenvalue weighted by molar-refractivity contribution is 9.10. The van der Waals surface area contributed by atoms with Crippen LogP contribution in [0.1, 0.15) is 29.2 Å². The van der Waals surface area contributed by atoms with Crippen molar-refractivity contribution in [1.82, 2.24) is 0 Å². The Hall–Kier alpha value is -1.19. The molecule has 0 fully saturated rings. The zero-order valence-corrected chi connectivity index (χ0v) is 12.2. The second-order valence-electron chi connectivity index (χ2n) is 5.03. The Balaban J connectivity index is 2.19. The van der Waals surface area contributed by atoms with Gasteiger partial charge in [-0.05, 0) is 64.5 Å². The van der Waals surface area contributed by atoms with Crippen LogP contribution in [0.4, 0.5) is 4.39 Å². The predicted molar refractivity (Wildman–Crippen MR) is 77.6 cm³/mol. The number of benzene rings is 2. The van der Waals surface area contributed by atoms with Crippen molar-refractivity contribution in [1.29, 1.82) is 0 Å². The summed E-state index contributed by atoms with van der Waals surface area (Å²) in [6.07, 6.45) is 1.19. The molecule has 1 aliphatic carbocycles. The van der Waals surface area contributed by atoms with Gasteiger partial charge in [0.15, 0.2) is 0 Å². The number of halogens is 2. The number of hydrogen-bond acceptors (Lipinski definition) is 1. The summed E-state index contributed by atoms with van der Waals surface area (Å²) in [6, 6.07) is 8.92. The van der Waals surface area contributed by atoms with Gasteiger partial charge in [0, 0.05) is 10.0 Å². The van der Waals surface area contributed by atoms with E-state index in [0.717, 1.165) is 39.6 Å². The molecular formula is C16H14BrFO. The van der Waals surface area contributed by atoms with E-state index in [1.165, 1.54) is 6.07 Å². The largest absolute Gasteiger partial charge is 0.388 e. The van der Waals surface area contributed by atoms with Crippen LogP contribution in [0, 0.1) is 12.7 Å². The average Bonchev–Trinajstić information content (AvgIpc) is 2.76. The highest BCUT2D eigenvalue weighted by atomic mass is 79.9. The fourth-order valence-corrected chi connectivity index (χ4v) is 3.47. The summed E-state index contributed by atoms with van der Waals surface area (Å²) in [4.78, 5) is 0. The number of aryl methyl sites for hydroxylation is 1. The van der Waals surface area contributed by atoms with Gasteiger partial charge in [0.2, 0.25) is 0 Å². The van der Waals surface area contributed by atoms with E-state index in [1.807, 2.05) is 25.1 Å². The summed E-state index contributed by atoms with van der Waals surface area (Å²) in [5, 5.41) is 9.87. The fraction of sp³-hybridized carbons (Fsp3) is 0.250. The first-order chi connectivity index (χ1) is 9.08. The molecular weight excluding hydrogens is 307 g/mol. The smallest absolute Gasteiger partial charge is 0.131 e. The van der Waals surface area contributed by atoms with Crippen LogP contribution in [-0.2, 0) is 6.42 Å². The van der Waals surface area contributed by atoms with Crippen molar-refractivity contribution < 1.29 is 9.50 Å². The molecule has 0 amide bonds. The van der Waals surface area contributed by atoms with Gasteiger partial charge in [-0.15, -0.1) is 0 Å². The maximum atomic E-state index is 14.0. The maximum absolute atomic E-state index is 14.0. The van der Waals surface area contributed by atoms with E-state index in [0.29, 0.717) is 5.56 Å². The molecule has 0 radical (unpaired) electrons. The minimum Gasteiger partial charge on any atom is -0.388 e. The van der Waals surface area contributed by atoms with Gasteiger partial charge in [-0.2, -0.15) is 0 Å². The number of rotatable bonds is 1. The third kappa shape index (κ3) is 2.11. The van der Waals surface area contributed by atoms with Crippen LogP contribution in [0.3, 0.4) is 0 Å². The molecule has 0 aromatic heterocycles. The van der Waals surface area contributed by atoms with Crippen LogP contribution < -0.4 is 0 Å². The molecule has 1 aliphatic rings. The number of hydrogen-bond donors (Lipinski definition) is 1. The summed E-state index contributed by atoms with van der Waals surface area (Å²) < 4.78 is 14.9. The summed E-state index contributed by atoms with van der Waals surface area (Å²) in [7, 11) is 0. The fourth-order valence-electron chi connectivity index (χ4n) is 2.69. The van der Waals surface area contributed by atoms with Crippen LogP contribution >= 0.6 is 15.9 Å². The van der Waals surface area contributed by atoms with Crippen LogP contribution in [0.15, 0.2) is 34.8 Å². The Morgan fingerprint density at radius 3 is 2.79 bits per heavy atom. The lowest BCUT2D eigenvalue weighted by molar-refractivity contribution is 0.180. The van der Waals surface area contributed by atoms with Crippen molar-refractivity contribution in [2.45, 2.75) is 25.9 Å². The van der Waals surface area contributed by atoms with E-state index < -0.39 is 0 Å². The van der Waals surface area contributed by atoms with Crippen LogP contribution in [0.2, 0.25) is 0 Å². The van der Waals surface area contributed by atoms with E-state index in [2.05, 4.69) is 15.9 Å². The third-order valence-corrected chi connectivity index (χ3v) is 4.62. The standard InChI is InChI=1S/C16H14BrFO/c1-9-2-6-14(18)13(8-9)12-4-3-10-11(16(12)17)5-7-15(10)19/h2-4,6,8,15,19H,5,7H2,1H3/t15-/m0/s1. The summed E-state index contributed by atoms with van der Waals surface area (Å²) in [6.45, 7) is 1.95. The van der Waals surface area contributed by atoms with E-state index >= 15 is 0 Å².